The topological polar surface area (TPSA) is 139 Å². The first-order chi connectivity index (χ1) is 17.8. The fourth-order valence-corrected chi connectivity index (χ4v) is 5.62. The Kier molecular flexibility index (Phi) is 8.26. The molecule has 0 radical (unpaired) electrons. The van der Waals surface area contributed by atoms with E-state index in [-0.39, 0.29) is 40.5 Å². The van der Waals surface area contributed by atoms with Crippen molar-refractivity contribution in [3.05, 3.63) is 33.2 Å². The second-order valence-corrected chi connectivity index (χ2v) is 10.2. The highest BCUT2D eigenvalue weighted by Gasteiger charge is 2.35. The molecular formula is C24H28ClN7O4S. The molecule has 196 valence electrons. The van der Waals surface area contributed by atoms with Crippen molar-refractivity contribution in [3.8, 4) is 17.6 Å². The van der Waals surface area contributed by atoms with E-state index in [0.717, 1.165) is 6.42 Å². The molecule has 1 aliphatic heterocycles. The number of hydrogen-bond donors (Lipinski definition) is 1. The molecule has 3 aromatic heterocycles. The Labute approximate surface area is 223 Å². The number of aryl methyl sites for hydroxylation is 2. The molecule has 0 amide bonds. The molecule has 13 heteroatoms. The third-order valence-electron chi connectivity index (χ3n) is 6.36. The number of piperidine rings is 1. The molecular weight excluding hydrogens is 518 g/mol. The van der Waals surface area contributed by atoms with Crippen LogP contribution in [0.4, 0.5) is 5.13 Å². The van der Waals surface area contributed by atoms with Gasteiger partial charge in [0.1, 0.15) is 28.7 Å². The number of anilines is 1. The molecule has 0 bridgehead atoms. The monoisotopic (exact) mass is 545 g/mol. The minimum Gasteiger partial charge on any atom is -0.465 e. The molecule has 2 atom stereocenters. The third kappa shape index (κ3) is 5.39. The number of aromatic amines is 1. The normalized spacial score (nSPS) is 17.6. The summed E-state index contributed by atoms with van der Waals surface area (Å²) in [6.07, 6.45) is 2.90. The highest BCUT2D eigenvalue weighted by atomic mass is 35.5. The van der Waals surface area contributed by atoms with Crippen molar-refractivity contribution in [1.82, 2.24) is 24.7 Å². The Balaban J connectivity index is 1.57. The zero-order chi connectivity index (χ0) is 26.7. The van der Waals surface area contributed by atoms with Gasteiger partial charge in [-0.3, -0.25) is 4.79 Å². The number of nitrogens with zero attached hydrogens (tertiary/aromatic N) is 6. The van der Waals surface area contributed by atoms with Crippen LogP contribution in [0.2, 0.25) is 5.02 Å². The summed E-state index contributed by atoms with van der Waals surface area (Å²) in [4.78, 5) is 40.0. The Morgan fingerprint density at radius 1 is 1.41 bits per heavy atom. The first kappa shape index (κ1) is 26.8. The van der Waals surface area contributed by atoms with Crippen LogP contribution in [0.5, 0.6) is 0 Å². The van der Waals surface area contributed by atoms with Gasteiger partial charge in [-0.25, -0.2) is 19.4 Å². The van der Waals surface area contributed by atoms with Crippen molar-refractivity contribution in [1.29, 1.82) is 5.26 Å². The van der Waals surface area contributed by atoms with Gasteiger partial charge >= 0.3 is 5.97 Å². The predicted molar refractivity (Wildman–Crippen MR) is 138 cm³/mol. The highest BCUT2D eigenvalue weighted by molar-refractivity contribution is 7.17. The van der Waals surface area contributed by atoms with E-state index in [1.54, 1.807) is 18.7 Å². The maximum Gasteiger partial charge on any atom is 0.350 e. The van der Waals surface area contributed by atoms with E-state index in [1.807, 2.05) is 13.0 Å². The lowest BCUT2D eigenvalue weighted by atomic mass is 9.88. The van der Waals surface area contributed by atoms with Crippen molar-refractivity contribution >= 4 is 39.8 Å². The maximum absolute atomic E-state index is 13.2. The van der Waals surface area contributed by atoms with Gasteiger partial charge in [-0.1, -0.05) is 29.9 Å². The third-order valence-corrected chi connectivity index (χ3v) is 7.93. The van der Waals surface area contributed by atoms with E-state index in [1.165, 1.54) is 24.8 Å². The first-order valence-electron chi connectivity index (χ1n) is 11.9. The minimum absolute atomic E-state index is 0.0533. The van der Waals surface area contributed by atoms with Crippen molar-refractivity contribution < 1.29 is 19.1 Å². The second-order valence-electron chi connectivity index (χ2n) is 8.83. The second kappa shape index (κ2) is 11.4. The number of aromatic nitrogens is 5. The van der Waals surface area contributed by atoms with Gasteiger partial charge in [-0.05, 0) is 25.7 Å². The van der Waals surface area contributed by atoms with Gasteiger partial charge < -0.3 is 19.4 Å². The number of ether oxygens (including phenoxy) is 2. The van der Waals surface area contributed by atoms with E-state index < -0.39 is 5.97 Å². The van der Waals surface area contributed by atoms with Gasteiger partial charge in [0.2, 0.25) is 0 Å². The van der Waals surface area contributed by atoms with E-state index >= 15 is 0 Å². The van der Waals surface area contributed by atoms with Gasteiger partial charge in [0.15, 0.2) is 16.7 Å². The van der Waals surface area contributed by atoms with E-state index in [4.69, 9.17) is 26.1 Å². The molecule has 1 N–H and O–H groups in total. The van der Waals surface area contributed by atoms with Crippen LogP contribution < -0.4 is 4.90 Å². The molecule has 0 saturated carbocycles. The summed E-state index contributed by atoms with van der Waals surface area (Å²) >= 11 is 7.43. The number of Topliss-reactive ketones (excluding diaryl/α,β-unsaturated/α-hetero) is 1. The Bertz CT molecular complexity index is 1340. The van der Waals surface area contributed by atoms with Gasteiger partial charge in [0.25, 0.3) is 0 Å². The van der Waals surface area contributed by atoms with Crippen LogP contribution in [-0.2, 0) is 16.5 Å². The number of carbonyl (C=O) groups is 2. The lowest BCUT2D eigenvalue weighted by molar-refractivity contribution is 0.00383. The molecule has 1 fully saturated rings. The van der Waals surface area contributed by atoms with Crippen molar-refractivity contribution in [2.75, 3.05) is 31.7 Å². The van der Waals surface area contributed by atoms with Gasteiger partial charge in [0.05, 0.1) is 23.8 Å². The molecule has 4 rings (SSSR count). The van der Waals surface area contributed by atoms with Crippen molar-refractivity contribution in [2.45, 2.75) is 39.2 Å². The Morgan fingerprint density at radius 3 is 2.84 bits per heavy atom. The summed E-state index contributed by atoms with van der Waals surface area (Å²) in [6.45, 7) is 5.43. The van der Waals surface area contributed by atoms with Crippen LogP contribution in [0.15, 0.2) is 6.33 Å². The minimum atomic E-state index is -0.491. The van der Waals surface area contributed by atoms with Crippen LogP contribution in [0, 0.1) is 24.2 Å². The molecule has 11 nitrogen and oxygen atoms in total. The number of carbonyl (C=O) groups excluding carboxylic acids is 2. The number of halogens is 1. The summed E-state index contributed by atoms with van der Waals surface area (Å²) in [7, 11) is 3.06. The number of esters is 1. The summed E-state index contributed by atoms with van der Waals surface area (Å²) in [5.41, 5.74) is 1.44. The molecule has 0 aliphatic carbocycles. The molecule has 1 aliphatic rings. The van der Waals surface area contributed by atoms with Crippen LogP contribution in [-0.4, -0.2) is 69.4 Å². The number of nitrogens with one attached hydrogen (secondary N) is 1. The zero-order valence-electron chi connectivity index (χ0n) is 21.1. The van der Waals surface area contributed by atoms with Gasteiger partial charge in [-0.15, -0.1) is 0 Å². The van der Waals surface area contributed by atoms with Crippen LogP contribution >= 0.6 is 22.9 Å². The average Bonchev–Trinajstić information content (AvgIpc) is 3.60. The molecule has 4 heterocycles. The summed E-state index contributed by atoms with van der Waals surface area (Å²) in [5, 5.41) is 14.5. The quantitative estimate of drug-likeness (QED) is 0.314. The summed E-state index contributed by atoms with van der Waals surface area (Å²) in [5.74, 6) is -0.242. The van der Waals surface area contributed by atoms with Crippen molar-refractivity contribution in [2.24, 2.45) is 13.0 Å². The fourth-order valence-electron chi connectivity index (χ4n) is 4.42. The van der Waals surface area contributed by atoms with E-state index in [2.05, 4.69) is 20.0 Å². The van der Waals surface area contributed by atoms with E-state index in [0.29, 0.717) is 53.3 Å². The Morgan fingerprint density at radius 2 is 2.19 bits per heavy atom. The number of ketones is 1. The molecule has 0 spiro atoms. The van der Waals surface area contributed by atoms with Crippen LogP contribution in [0.3, 0.4) is 0 Å². The molecule has 3 aromatic rings. The number of nitriles is 1. The predicted octanol–water partition coefficient (Wildman–Crippen LogP) is 3.78. The SMILES string of the molecule is CCCO[C@H]1CN(c2nc(-c3ncnn3C)c(C(=O)OC)s2)CC[C@H]1CC(=O)c1[nH]c(C)c(Cl)c1C#N. The Hall–Kier alpha value is -3.27. The largest absolute Gasteiger partial charge is 0.465 e. The number of rotatable bonds is 9. The lowest BCUT2D eigenvalue weighted by Gasteiger charge is -2.38. The van der Waals surface area contributed by atoms with E-state index in [9.17, 15) is 14.9 Å². The molecule has 1 saturated heterocycles. The molecule has 0 aromatic carbocycles. The van der Waals surface area contributed by atoms with Gasteiger partial charge in [0, 0.05) is 38.9 Å². The van der Waals surface area contributed by atoms with Gasteiger partial charge in [-0.2, -0.15) is 10.4 Å². The van der Waals surface area contributed by atoms with Crippen molar-refractivity contribution in [3.63, 3.8) is 0 Å². The average molecular weight is 546 g/mol. The number of hydrogen-bond acceptors (Lipinski definition) is 10. The molecule has 37 heavy (non-hydrogen) atoms. The first-order valence-corrected chi connectivity index (χ1v) is 13.1. The molecule has 0 unspecified atom stereocenters. The number of methoxy groups -OCH3 is 1. The number of H-pyrrole nitrogens is 1. The highest BCUT2D eigenvalue weighted by Crippen LogP contribution is 2.36. The fraction of sp³-hybridized carbons (Fsp3) is 0.500. The standard InChI is InChI=1S/C24H28ClN7O4S/c1-5-8-36-17-11-32(7-6-14(17)9-16(33)19-15(10-26)18(25)13(2)29-19)24-30-20(21(37-24)23(34)35-4)22-27-12-28-31(22)3/h12,14,17,29H,5-9,11H2,1-4H3/t14-,17-/m0/s1. The van der Waals surface area contributed by atoms with Crippen LogP contribution in [0.25, 0.3) is 11.5 Å². The summed E-state index contributed by atoms with van der Waals surface area (Å²) < 4.78 is 12.7. The zero-order valence-corrected chi connectivity index (χ0v) is 22.6. The number of thiazole rings is 1. The van der Waals surface area contributed by atoms with Crippen LogP contribution in [0.1, 0.15) is 57.6 Å². The maximum atomic E-state index is 13.2. The smallest absolute Gasteiger partial charge is 0.350 e. The summed E-state index contributed by atoms with van der Waals surface area (Å²) in [6, 6.07) is 2.03. The lowest BCUT2D eigenvalue weighted by Crippen LogP contribution is -2.46.